The van der Waals surface area contributed by atoms with Crippen LogP contribution < -0.4 is 5.32 Å². The number of aliphatic hydroxyl groups is 1. The molecule has 3 nitrogen and oxygen atoms in total. The Morgan fingerprint density at radius 3 is 3.06 bits per heavy atom. The molecule has 1 aromatic heterocycles. The average molecular weight is 269 g/mol. The fraction of sp³-hybridized carbons (Fsp3) is 0.714. The van der Waals surface area contributed by atoms with Crippen molar-refractivity contribution in [2.45, 2.75) is 44.9 Å². The van der Waals surface area contributed by atoms with Crippen LogP contribution in [0.5, 0.6) is 0 Å². The fourth-order valence-corrected chi connectivity index (χ4v) is 3.05. The third kappa shape index (κ3) is 3.79. The molecule has 0 bridgehead atoms. The van der Waals surface area contributed by atoms with Crippen molar-refractivity contribution in [3.63, 3.8) is 0 Å². The summed E-state index contributed by atoms with van der Waals surface area (Å²) in [6.45, 7) is 5.86. The van der Waals surface area contributed by atoms with E-state index in [0.29, 0.717) is 24.6 Å². The summed E-state index contributed by atoms with van der Waals surface area (Å²) in [7, 11) is 0. The van der Waals surface area contributed by atoms with Gasteiger partial charge in [-0.15, -0.1) is 0 Å². The average Bonchev–Trinajstić information content (AvgIpc) is 2.90. The highest BCUT2D eigenvalue weighted by molar-refractivity contribution is 7.07. The molecule has 4 heteroatoms. The maximum atomic E-state index is 10.0. The number of thiophene rings is 1. The van der Waals surface area contributed by atoms with Crippen LogP contribution in [0.25, 0.3) is 0 Å². The molecular formula is C14H23NO2S. The van der Waals surface area contributed by atoms with E-state index in [1.807, 2.05) is 16.8 Å². The monoisotopic (exact) mass is 269 g/mol. The first-order valence-corrected chi connectivity index (χ1v) is 7.66. The van der Waals surface area contributed by atoms with Crippen LogP contribution in [0.3, 0.4) is 0 Å². The smallest absolute Gasteiger partial charge is 0.0922 e. The van der Waals surface area contributed by atoms with Gasteiger partial charge in [0.05, 0.1) is 12.2 Å². The van der Waals surface area contributed by atoms with E-state index >= 15 is 0 Å². The number of hydrogen-bond donors (Lipinski definition) is 2. The standard InChI is InChI=1S/C14H23NO2S/c1-10(2)14-7-12(3-5-17-14)15-8-13(16)11-4-6-18-9-11/h4,6,9-10,12-16H,3,5,7-8H2,1-2H3. The molecule has 3 unspecified atom stereocenters. The van der Waals surface area contributed by atoms with E-state index in [-0.39, 0.29) is 0 Å². The summed E-state index contributed by atoms with van der Waals surface area (Å²) in [5.74, 6) is 0.566. The summed E-state index contributed by atoms with van der Waals surface area (Å²) in [4.78, 5) is 0. The molecule has 0 amide bonds. The first-order valence-electron chi connectivity index (χ1n) is 6.72. The van der Waals surface area contributed by atoms with Gasteiger partial charge < -0.3 is 15.2 Å². The van der Waals surface area contributed by atoms with Crippen molar-refractivity contribution in [1.82, 2.24) is 5.32 Å². The first kappa shape index (κ1) is 14.0. The lowest BCUT2D eigenvalue weighted by Gasteiger charge is -2.33. The summed E-state index contributed by atoms with van der Waals surface area (Å²) in [6.07, 6.45) is 2.05. The molecular weight excluding hydrogens is 246 g/mol. The van der Waals surface area contributed by atoms with Crippen LogP contribution >= 0.6 is 11.3 Å². The second kappa shape index (κ2) is 6.66. The van der Waals surface area contributed by atoms with Crippen LogP contribution in [0, 0.1) is 5.92 Å². The zero-order valence-electron chi connectivity index (χ0n) is 11.1. The van der Waals surface area contributed by atoms with E-state index in [2.05, 4.69) is 19.2 Å². The van der Waals surface area contributed by atoms with Crippen molar-refractivity contribution in [1.29, 1.82) is 0 Å². The molecule has 0 saturated carbocycles. The molecule has 102 valence electrons. The minimum atomic E-state index is -0.392. The molecule has 1 saturated heterocycles. The van der Waals surface area contributed by atoms with Crippen molar-refractivity contribution in [3.8, 4) is 0 Å². The van der Waals surface area contributed by atoms with Gasteiger partial charge in [-0.3, -0.25) is 0 Å². The third-order valence-corrected chi connectivity index (χ3v) is 4.29. The van der Waals surface area contributed by atoms with Crippen molar-refractivity contribution in [2.75, 3.05) is 13.2 Å². The number of rotatable bonds is 5. The Labute approximate surface area is 113 Å². The van der Waals surface area contributed by atoms with Gasteiger partial charge in [-0.1, -0.05) is 13.8 Å². The third-order valence-electron chi connectivity index (χ3n) is 3.59. The lowest BCUT2D eigenvalue weighted by molar-refractivity contribution is -0.0257. The molecule has 0 aromatic carbocycles. The molecule has 2 rings (SSSR count). The van der Waals surface area contributed by atoms with Crippen LogP contribution in [0.15, 0.2) is 16.8 Å². The summed E-state index contributed by atoms with van der Waals surface area (Å²) in [6, 6.07) is 2.46. The minimum absolute atomic E-state index is 0.356. The zero-order chi connectivity index (χ0) is 13.0. The summed E-state index contributed by atoms with van der Waals surface area (Å²) in [5.41, 5.74) is 1.01. The van der Waals surface area contributed by atoms with Crippen LogP contribution in [-0.4, -0.2) is 30.4 Å². The van der Waals surface area contributed by atoms with Crippen LogP contribution in [0.2, 0.25) is 0 Å². The van der Waals surface area contributed by atoms with E-state index in [1.54, 1.807) is 11.3 Å². The quantitative estimate of drug-likeness (QED) is 0.863. The number of nitrogens with one attached hydrogen (secondary N) is 1. The Morgan fingerprint density at radius 2 is 2.39 bits per heavy atom. The van der Waals surface area contributed by atoms with Gasteiger partial charge in [-0.05, 0) is 41.1 Å². The molecule has 2 N–H and O–H groups in total. The van der Waals surface area contributed by atoms with Crippen LogP contribution in [0.1, 0.15) is 38.4 Å². The van der Waals surface area contributed by atoms with E-state index < -0.39 is 6.10 Å². The van der Waals surface area contributed by atoms with Gasteiger partial charge in [0.2, 0.25) is 0 Å². The second-order valence-electron chi connectivity index (χ2n) is 5.36. The van der Waals surface area contributed by atoms with Gasteiger partial charge in [0.1, 0.15) is 0 Å². The highest BCUT2D eigenvalue weighted by atomic mass is 32.1. The molecule has 3 atom stereocenters. The SMILES string of the molecule is CC(C)C1CC(NCC(O)c2ccsc2)CCO1. The predicted octanol–water partition coefficient (Wildman–Crippen LogP) is 2.57. The summed E-state index contributed by atoms with van der Waals surface area (Å²) in [5, 5.41) is 17.5. The van der Waals surface area contributed by atoms with Gasteiger partial charge in [0, 0.05) is 19.2 Å². The largest absolute Gasteiger partial charge is 0.387 e. The number of hydrogen-bond acceptors (Lipinski definition) is 4. The Kier molecular flexibility index (Phi) is 5.18. The molecule has 0 aliphatic carbocycles. The summed E-state index contributed by atoms with van der Waals surface area (Å²) >= 11 is 1.63. The molecule has 1 aliphatic rings. The second-order valence-corrected chi connectivity index (χ2v) is 6.14. The highest BCUT2D eigenvalue weighted by Gasteiger charge is 2.25. The molecule has 2 heterocycles. The van der Waals surface area contributed by atoms with Crippen molar-refractivity contribution >= 4 is 11.3 Å². The Balaban J connectivity index is 1.76. The topological polar surface area (TPSA) is 41.5 Å². The Morgan fingerprint density at radius 1 is 1.56 bits per heavy atom. The molecule has 1 aromatic rings. The number of ether oxygens (including phenoxy) is 1. The van der Waals surface area contributed by atoms with Crippen LogP contribution in [0.4, 0.5) is 0 Å². The predicted molar refractivity (Wildman–Crippen MR) is 74.9 cm³/mol. The number of aliphatic hydroxyl groups excluding tert-OH is 1. The molecule has 0 spiro atoms. The van der Waals surface area contributed by atoms with Gasteiger partial charge >= 0.3 is 0 Å². The Hall–Kier alpha value is -0.420. The van der Waals surface area contributed by atoms with E-state index in [9.17, 15) is 5.11 Å². The first-order chi connectivity index (χ1) is 8.66. The van der Waals surface area contributed by atoms with E-state index in [4.69, 9.17) is 4.74 Å². The maximum Gasteiger partial charge on any atom is 0.0922 e. The fourth-order valence-electron chi connectivity index (χ4n) is 2.34. The molecule has 1 fully saturated rings. The van der Waals surface area contributed by atoms with Gasteiger partial charge in [0.25, 0.3) is 0 Å². The lowest BCUT2D eigenvalue weighted by Crippen LogP contribution is -2.42. The van der Waals surface area contributed by atoms with Gasteiger partial charge in [-0.2, -0.15) is 11.3 Å². The normalized spacial score (nSPS) is 26.4. The van der Waals surface area contributed by atoms with Crippen LogP contribution in [-0.2, 0) is 4.74 Å². The molecule has 1 aliphatic heterocycles. The molecule has 0 radical (unpaired) electrons. The minimum Gasteiger partial charge on any atom is -0.387 e. The van der Waals surface area contributed by atoms with Gasteiger partial charge in [0.15, 0.2) is 0 Å². The van der Waals surface area contributed by atoms with Crippen molar-refractivity contribution < 1.29 is 9.84 Å². The molecule has 18 heavy (non-hydrogen) atoms. The Bertz CT molecular complexity index is 340. The lowest BCUT2D eigenvalue weighted by atomic mass is 9.95. The zero-order valence-corrected chi connectivity index (χ0v) is 12.0. The van der Waals surface area contributed by atoms with Crippen molar-refractivity contribution in [3.05, 3.63) is 22.4 Å². The summed E-state index contributed by atoms with van der Waals surface area (Å²) < 4.78 is 5.75. The highest BCUT2D eigenvalue weighted by Crippen LogP contribution is 2.21. The van der Waals surface area contributed by atoms with Crippen molar-refractivity contribution in [2.24, 2.45) is 5.92 Å². The van der Waals surface area contributed by atoms with E-state index in [0.717, 1.165) is 25.0 Å². The van der Waals surface area contributed by atoms with Gasteiger partial charge in [-0.25, -0.2) is 0 Å². The maximum absolute atomic E-state index is 10.0. The van der Waals surface area contributed by atoms with E-state index in [1.165, 1.54) is 0 Å².